The Kier molecular flexibility index (Phi) is 7.20. The third-order valence-electron chi connectivity index (χ3n) is 6.50. The fourth-order valence-electron chi connectivity index (χ4n) is 4.70. The molecule has 0 bridgehead atoms. The van der Waals surface area contributed by atoms with E-state index in [9.17, 15) is 18.3 Å². The molecule has 2 aliphatic rings. The number of halogens is 1. The summed E-state index contributed by atoms with van der Waals surface area (Å²) in [5.41, 5.74) is 1.99. The van der Waals surface area contributed by atoms with Crippen LogP contribution in [0.4, 0.5) is 0 Å². The number of aliphatic carboxylic acids is 1. The van der Waals surface area contributed by atoms with Gasteiger partial charge in [0.15, 0.2) is 0 Å². The average molecular weight is 494 g/mol. The van der Waals surface area contributed by atoms with Gasteiger partial charge < -0.3 is 5.11 Å². The number of sulfonamides is 1. The van der Waals surface area contributed by atoms with E-state index < -0.39 is 28.0 Å². The monoisotopic (exact) mass is 493 g/mol. The maximum absolute atomic E-state index is 13.7. The molecule has 3 atom stereocenters. The van der Waals surface area contributed by atoms with Crippen molar-refractivity contribution >= 4 is 39.4 Å². The fraction of sp³-hybridized carbons (Fsp3) is 0.458. The molecule has 1 saturated heterocycles. The largest absolute Gasteiger partial charge is 0.481 e. The van der Waals surface area contributed by atoms with Gasteiger partial charge in [-0.2, -0.15) is 16.1 Å². The van der Waals surface area contributed by atoms with Gasteiger partial charge in [-0.3, -0.25) is 4.79 Å². The number of carboxylic acid groups (broad SMARTS) is 1. The number of hydrogen-bond acceptors (Lipinski definition) is 4. The summed E-state index contributed by atoms with van der Waals surface area (Å²) in [4.78, 5) is 12.4. The molecule has 172 valence electrons. The van der Waals surface area contributed by atoms with Crippen molar-refractivity contribution in [3.05, 3.63) is 64.7 Å². The lowest BCUT2D eigenvalue weighted by atomic mass is 9.90. The van der Waals surface area contributed by atoms with Gasteiger partial charge in [0.2, 0.25) is 10.0 Å². The molecule has 0 aromatic heterocycles. The van der Waals surface area contributed by atoms with Gasteiger partial charge in [-0.25, -0.2) is 8.42 Å². The molecule has 0 unspecified atom stereocenters. The van der Waals surface area contributed by atoms with E-state index in [1.807, 2.05) is 31.2 Å². The molecule has 1 aliphatic heterocycles. The van der Waals surface area contributed by atoms with Crippen molar-refractivity contribution in [2.24, 2.45) is 5.92 Å². The third kappa shape index (κ3) is 5.01. The molecular weight excluding hydrogens is 466 g/mol. The molecule has 8 heteroatoms. The molecule has 2 aromatic carbocycles. The minimum atomic E-state index is -3.90. The molecule has 1 saturated carbocycles. The van der Waals surface area contributed by atoms with Crippen molar-refractivity contribution < 1.29 is 18.3 Å². The van der Waals surface area contributed by atoms with E-state index in [1.165, 1.54) is 29.3 Å². The highest BCUT2D eigenvalue weighted by molar-refractivity contribution is 8.00. The summed E-state index contributed by atoms with van der Waals surface area (Å²) in [7, 11) is -3.90. The van der Waals surface area contributed by atoms with E-state index in [2.05, 4.69) is 0 Å². The first kappa shape index (κ1) is 23.6. The van der Waals surface area contributed by atoms with Crippen LogP contribution in [-0.4, -0.2) is 40.8 Å². The van der Waals surface area contributed by atoms with Gasteiger partial charge in [-0.05, 0) is 56.0 Å². The molecule has 2 fully saturated rings. The van der Waals surface area contributed by atoms with Crippen molar-refractivity contribution in [3.63, 3.8) is 0 Å². The van der Waals surface area contributed by atoms with E-state index in [0.717, 1.165) is 24.0 Å². The summed E-state index contributed by atoms with van der Waals surface area (Å²) in [6.45, 7) is 1.95. The van der Waals surface area contributed by atoms with Crippen molar-refractivity contribution in [2.75, 3.05) is 6.54 Å². The molecule has 2 aromatic rings. The normalized spacial score (nSPS) is 25.1. The van der Waals surface area contributed by atoms with Crippen molar-refractivity contribution in [1.29, 1.82) is 0 Å². The summed E-state index contributed by atoms with van der Waals surface area (Å²) in [6.07, 6.45) is 5.06. The number of carboxylic acids is 1. The topological polar surface area (TPSA) is 74.7 Å². The smallest absolute Gasteiger partial charge is 0.308 e. The quantitative estimate of drug-likeness (QED) is 0.572. The third-order valence-corrected chi connectivity index (χ3v) is 10.4. The lowest BCUT2D eigenvalue weighted by Gasteiger charge is -2.42. The second kappa shape index (κ2) is 9.75. The summed E-state index contributed by atoms with van der Waals surface area (Å²) in [6, 6.07) is 13.5. The van der Waals surface area contributed by atoms with E-state index >= 15 is 0 Å². The Bertz CT molecular complexity index is 1050. The van der Waals surface area contributed by atoms with E-state index in [1.54, 1.807) is 23.9 Å². The summed E-state index contributed by atoms with van der Waals surface area (Å²) in [5, 5.41) is 10.8. The van der Waals surface area contributed by atoms with Crippen LogP contribution in [0.25, 0.3) is 0 Å². The van der Waals surface area contributed by atoms with Gasteiger partial charge in [0, 0.05) is 22.1 Å². The van der Waals surface area contributed by atoms with Crippen LogP contribution < -0.4 is 0 Å². The SMILES string of the molecule is Cc1ccc([C@@H]2C[C@@H](SC3CCCC3)[C@H](C(=O)O)CN2S(=O)(=O)c2ccc(Cl)cc2)cc1. The highest BCUT2D eigenvalue weighted by atomic mass is 35.5. The van der Waals surface area contributed by atoms with Gasteiger partial charge in [0.25, 0.3) is 0 Å². The van der Waals surface area contributed by atoms with Crippen LogP contribution in [0.3, 0.4) is 0 Å². The first-order valence-electron chi connectivity index (χ1n) is 11.0. The highest BCUT2D eigenvalue weighted by Crippen LogP contribution is 2.45. The van der Waals surface area contributed by atoms with Crippen LogP contribution in [0, 0.1) is 12.8 Å². The molecule has 1 aliphatic carbocycles. The van der Waals surface area contributed by atoms with E-state index in [-0.39, 0.29) is 16.7 Å². The Labute approximate surface area is 199 Å². The minimum absolute atomic E-state index is 0.0385. The zero-order chi connectivity index (χ0) is 22.9. The first-order chi connectivity index (χ1) is 15.3. The van der Waals surface area contributed by atoms with Crippen LogP contribution in [0.2, 0.25) is 5.02 Å². The van der Waals surface area contributed by atoms with E-state index in [4.69, 9.17) is 11.6 Å². The summed E-state index contributed by atoms with van der Waals surface area (Å²) >= 11 is 7.72. The molecule has 1 heterocycles. The Morgan fingerprint density at radius 2 is 1.69 bits per heavy atom. The lowest BCUT2D eigenvalue weighted by Crippen LogP contribution is -2.49. The Morgan fingerprint density at radius 3 is 2.28 bits per heavy atom. The lowest BCUT2D eigenvalue weighted by molar-refractivity contribution is -0.143. The van der Waals surface area contributed by atoms with Gasteiger partial charge in [0.1, 0.15) is 0 Å². The molecule has 0 amide bonds. The number of nitrogens with zero attached hydrogens (tertiary/aromatic N) is 1. The molecule has 4 rings (SSSR count). The zero-order valence-electron chi connectivity index (χ0n) is 18.0. The standard InChI is InChI=1S/C24H28ClNO4S2/c1-16-6-8-17(9-7-16)22-14-23(31-19-4-2-3-5-19)21(24(27)28)15-26(22)32(29,30)20-12-10-18(25)11-13-20/h6-13,19,21-23H,2-5,14-15H2,1H3,(H,27,28)/t21-,22+,23-/m1/s1. The van der Waals surface area contributed by atoms with E-state index in [0.29, 0.717) is 16.7 Å². The van der Waals surface area contributed by atoms with Gasteiger partial charge in [-0.1, -0.05) is 54.3 Å². The minimum Gasteiger partial charge on any atom is -0.481 e. The van der Waals surface area contributed by atoms with Crippen LogP contribution >= 0.6 is 23.4 Å². The molecule has 0 spiro atoms. The number of carbonyl (C=O) groups is 1. The predicted molar refractivity (Wildman–Crippen MR) is 129 cm³/mol. The maximum Gasteiger partial charge on any atom is 0.308 e. The van der Waals surface area contributed by atoms with Crippen LogP contribution in [0.15, 0.2) is 53.4 Å². The number of hydrogen-bond donors (Lipinski definition) is 1. The molecule has 0 radical (unpaired) electrons. The second-order valence-corrected chi connectivity index (χ2v) is 12.6. The van der Waals surface area contributed by atoms with Crippen LogP contribution in [0.5, 0.6) is 0 Å². The van der Waals surface area contributed by atoms with Gasteiger partial charge in [-0.15, -0.1) is 0 Å². The number of aryl methyl sites for hydroxylation is 1. The van der Waals surface area contributed by atoms with Crippen LogP contribution in [0.1, 0.15) is 49.3 Å². The fourth-order valence-corrected chi connectivity index (χ4v) is 8.26. The predicted octanol–water partition coefficient (Wildman–Crippen LogP) is 5.53. The van der Waals surface area contributed by atoms with Crippen molar-refractivity contribution in [2.45, 2.75) is 60.5 Å². The number of thioether (sulfide) groups is 1. The highest BCUT2D eigenvalue weighted by Gasteiger charge is 2.46. The van der Waals surface area contributed by atoms with Crippen molar-refractivity contribution in [3.8, 4) is 0 Å². The van der Waals surface area contributed by atoms with Gasteiger partial charge in [0.05, 0.1) is 16.9 Å². The molecule has 32 heavy (non-hydrogen) atoms. The first-order valence-corrected chi connectivity index (χ1v) is 13.7. The molecule has 5 nitrogen and oxygen atoms in total. The number of rotatable bonds is 6. The maximum atomic E-state index is 13.7. The molecule has 1 N–H and O–H groups in total. The summed E-state index contributed by atoms with van der Waals surface area (Å²) < 4.78 is 28.7. The average Bonchev–Trinajstić information content (AvgIpc) is 3.27. The number of benzene rings is 2. The Hall–Kier alpha value is -1.54. The van der Waals surface area contributed by atoms with Crippen molar-refractivity contribution in [1.82, 2.24) is 4.31 Å². The summed E-state index contributed by atoms with van der Waals surface area (Å²) in [5.74, 6) is -1.68. The zero-order valence-corrected chi connectivity index (χ0v) is 20.4. The molecular formula is C24H28ClNO4S2. The Balaban J connectivity index is 1.72. The number of piperidine rings is 1. The Morgan fingerprint density at radius 1 is 1.06 bits per heavy atom. The second-order valence-electron chi connectivity index (χ2n) is 8.72. The van der Waals surface area contributed by atoms with Crippen LogP contribution in [-0.2, 0) is 14.8 Å². The van der Waals surface area contributed by atoms with Gasteiger partial charge >= 0.3 is 5.97 Å².